The lowest BCUT2D eigenvalue weighted by Gasteiger charge is -2.26. The van der Waals surface area contributed by atoms with Crippen LogP contribution in [0.25, 0.3) is 32.7 Å². The number of rotatable bonds is 27. The van der Waals surface area contributed by atoms with Crippen LogP contribution in [0, 0.1) is 17.2 Å². The van der Waals surface area contributed by atoms with Crippen LogP contribution in [0.1, 0.15) is 78.2 Å². The summed E-state index contributed by atoms with van der Waals surface area (Å²) >= 11 is 0. The Labute approximate surface area is 384 Å². The monoisotopic (exact) mass is 888 g/mol. The molecule has 0 bridgehead atoms. The summed E-state index contributed by atoms with van der Waals surface area (Å²) in [7, 11) is 0. The number of nitrogens with two attached hydrogens (primary N) is 2. The van der Waals surface area contributed by atoms with Gasteiger partial charge in [-0.25, -0.2) is 0 Å². The summed E-state index contributed by atoms with van der Waals surface area (Å²) in [6.07, 6.45) is 3.75. The van der Waals surface area contributed by atoms with Crippen LogP contribution >= 0.6 is 0 Å². The lowest BCUT2D eigenvalue weighted by Crippen LogP contribution is -2.56. The number of nitrogens with one attached hydrogen (secondary N) is 5. The molecule has 65 heavy (non-hydrogen) atoms. The highest BCUT2D eigenvalue weighted by Gasteiger charge is 2.29. The van der Waals surface area contributed by atoms with Crippen molar-refractivity contribution < 1.29 is 28.6 Å². The maximum atomic E-state index is 14.2. The summed E-state index contributed by atoms with van der Waals surface area (Å²) in [5.74, 6) is 0.395. The van der Waals surface area contributed by atoms with Crippen LogP contribution in [-0.2, 0) is 25.7 Å². The molecule has 0 fully saturated rings. The molecule has 0 radical (unpaired) electrons. The van der Waals surface area contributed by atoms with Gasteiger partial charge in [0, 0.05) is 17.7 Å². The van der Waals surface area contributed by atoms with Crippen LogP contribution in [0.2, 0.25) is 0 Å². The third kappa shape index (κ3) is 15.8. The molecule has 348 valence electrons. The number of hydrogen-bond donors (Lipinski definition) is 7. The van der Waals surface area contributed by atoms with Crippen molar-refractivity contribution in [2.45, 2.75) is 97.4 Å². The van der Waals surface area contributed by atoms with Crippen LogP contribution in [-0.4, -0.2) is 74.7 Å². The number of ether oxygens (including phenoxy) is 3. The highest BCUT2D eigenvalue weighted by Crippen LogP contribution is 2.45. The normalized spacial score (nSPS) is 12.7. The first-order chi connectivity index (χ1) is 31.4. The fourth-order valence-electron chi connectivity index (χ4n) is 7.81. The van der Waals surface area contributed by atoms with Crippen molar-refractivity contribution in [1.29, 1.82) is 5.41 Å². The zero-order chi connectivity index (χ0) is 46.6. The molecular weight excluding hydrogens is 819 g/mol. The molecule has 0 spiro atoms. The largest absolute Gasteiger partial charge is 0.493 e. The molecule has 0 saturated carbocycles. The van der Waals surface area contributed by atoms with Crippen LogP contribution in [0.15, 0.2) is 103 Å². The third-order valence-corrected chi connectivity index (χ3v) is 11.1. The van der Waals surface area contributed by atoms with E-state index >= 15 is 0 Å². The Kier molecular flexibility index (Phi) is 19.9. The van der Waals surface area contributed by atoms with Gasteiger partial charge < -0.3 is 46.9 Å². The van der Waals surface area contributed by atoms with Gasteiger partial charge in [-0.1, -0.05) is 119 Å². The van der Waals surface area contributed by atoms with E-state index < -0.39 is 23.9 Å². The van der Waals surface area contributed by atoms with Crippen molar-refractivity contribution in [3.63, 3.8) is 0 Å². The Morgan fingerprint density at radius 2 is 1.23 bits per heavy atom. The quantitative estimate of drug-likeness (QED) is 0.0158. The molecule has 5 aromatic carbocycles. The minimum atomic E-state index is -0.973. The van der Waals surface area contributed by atoms with Crippen LogP contribution in [0.4, 0.5) is 0 Å². The van der Waals surface area contributed by atoms with Gasteiger partial charge in [0.1, 0.15) is 23.6 Å². The topological polar surface area (TPSA) is 203 Å². The van der Waals surface area contributed by atoms with Gasteiger partial charge in [-0.2, -0.15) is 0 Å². The number of benzene rings is 5. The summed E-state index contributed by atoms with van der Waals surface area (Å²) in [5, 5.41) is 23.3. The number of amides is 3. The molecule has 0 saturated heterocycles. The molecule has 3 amide bonds. The van der Waals surface area contributed by atoms with Crippen molar-refractivity contribution in [3.05, 3.63) is 109 Å². The fourth-order valence-corrected chi connectivity index (χ4v) is 7.81. The molecule has 13 heteroatoms. The summed E-state index contributed by atoms with van der Waals surface area (Å²) in [5.41, 5.74) is 14.1. The van der Waals surface area contributed by atoms with Gasteiger partial charge in [-0.05, 0) is 103 Å². The lowest BCUT2D eigenvalue weighted by atomic mass is 9.92. The van der Waals surface area contributed by atoms with Crippen LogP contribution < -0.4 is 42.2 Å². The maximum Gasteiger partial charge on any atom is 0.258 e. The van der Waals surface area contributed by atoms with Gasteiger partial charge >= 0.3 is 0 Å². The highest BCUT2D eigenvalue weighted by atomic mass is 16.5. The average Bonchev–Trinajstić information content (AvgIpc) is 3.28. The Balaban J connectivity index is 1.35. The van der Waals surface area contributed by atoms with Gasteiger partial charge in [0.2, 0.25) is 11.8 Å². The minimum absolute atomic E-state index is 0.184. The summed E-state index contributed by atoms with van der Waals surface area (Å²) in [6.45, 7) is 10.1. The van der Waals surface area contributed by atoms with E-state index in [0.29, 0.717) is 70.1 Å². The first kappa shape index (κ1) is 49.8. The Morgan fingerprint density at radius 1 is 0.646 bits per heavy atom. The number of fused-ring (bicyclic) bond motifs is 2. The summed E-state index contributed by atoms with van der Waals surface area (Å²) in [6, 6.07) is 31.7. The fraction of sp³-hybridized carbons (Fsp3) is 0.423. The molecule has 0 aromatic heterocycles. The SMILES string of the molecule is CC(C)CCOc1ccc2ccccc2c1-c1c(OCC(=O)N[C@H](CCCCN)C(=O)N[C@H](CCCNC(=N)N)C(=O)N[C@H](COCc2ccccc2)CC(C)C)ccc2ccccc12. The summed E-state index contributed by atoms with van der Waals surface area (Å²) < 4.78 is 18.9. The van der Waals surface area contributed by atoms with E-state index in [2.05, 4.69) is 67.2 Å². The first-order valence-corrected chi connectivity index (χ1v) is 23.0. The first-order valence-electron chi connectivity index (χ1n) is 23.0. The van der Waals surface area contributed by atoms with E-state index in [4.69, 9.17) is 31.1 Å². The number of guanidine groups is 1. The maximum absolute atomic E-state index is 14.2. The van der Waals surface area contributed by atoms with E-state index in [9.17, 15) is 14.4 Å². The van der Waals surface area contributed by atoms with E-state index in [1.807, 2.05) is 84.9 Å². The highest BCUT2D eigenvalue weighted by molar-refractivity contribution is 6.10. The van der Waals surface area contributed by atoms with Gasteiger partial charge in [0.05, 0.1) is 25.9 Å². The second kappa shape index (κ2) is 25.9. The molecule has 9 N–H and O–H groups in total. The Morgan fingerprint density at radius 3 is 1.85 bits per heavy atom. The number of hydrogen-bond acceptors (Lipinski definition) is 8. The molecule has 13 nitrogen and oxygen atoms in total. The Bertz CT molecular complexity index is 2300. The van der Waals surface area contributed by atoms with Crippen LogP contribution in [0.5, 0.6) is 11.5 Å². The van der Waals surface area contributed by atoms with E-state index in [0.717, 1.165) is 50.4 Å². The number of unbranched alkanes of at least 4 members (excludes halogenated alkanes) is 1. The third-order valence-electron chi connectivity index (χ3n) is 11.1. The molecule has 3 atom stereocenters. The van der Waals surface area contributed by atoms with Crippen molar-refractivity contribution in [3.8, 4) is 22.6 Å². The molecule has 0 aliphatic heterocycles. The van der Waals surface area contributed by atoms with Crippen molar-refractivity contribution in [2.24, 2.45) is 23.3 Å². The number of carbonyl (C=O) groups is 3. The van der Waals surface area contributed by atoms with Crippen molar-refractivity contribution in [2.75, 3.05) is 32.9 Å². The molecular formula is C52H69N7O6. The van der Waals surface area contributed by atoms with E-state index in [1.54, 1.807) is 0 Å². The minimum Gasteiger partial charge on any atom is -0.493 e. The second-order valence-corrected chi connectivity index (χ2v) is 17.4. The van der Waals surface area contributed by atoms with E-state index in [-0.39, 0.29) is 43.5 Å². The van der Waals surface area contributed by atoms with Gasteiger partial charge in [0.25, 0.3) is 5.91 Å². The van der Waals surface area contributed by atoms with Crippen molar-refractivity contribution in [1.82, 2.24) is 21.3 Å². The smallest absolute Gasteiger partial charge is 0.258 e. The predicted octanol–water partition coefficient (Wildman–Crippen LogP) is 7.57. The average molecular weight is 888 g/mol. The number of carbonyl (C=O) groups excluding carboxylic acids is 3. The molecule has 0 aliphatic rings. The molecule has 5 aromatic rings. The Hall–Kier alpha value is -6.18. The van der Waals surface area contributed by atoms with Gasteiger partial charge in [-0.15, -0.1) is 0 Å². The van der Waals surface area contributed by atoms with Gasteiger partial charge in [0.15, 0.2) is 12.6 Å². The van der Waals surface area contributed by atoms with Gasteiger partial charge in [-0.3, -0.25) is 19.8 Å². The predicted molar refractivity (Wildman–Crippen MR) is 261 cm³/mol. The standard InChI is InChI=1S/C52H69N7O6/c1-35(2)27-30-64-45-25-23-38-17-8-10-19-41(38)48(45)49-42-20-11-9-18-39(42)24-26-46(49)65-34-47(60)58-43(21-12-13-28-53)51(62)59-44(22-14-29-56-52(54)55)50(61)57-40(31-36(3)4)33-63-32-37-15-6-5-7-16-37/h5-11,15-20,23-26,35-36,40,43-44H,12-14,21-22,27-34,53H2,1-4H3,(H,57,61)(H,58,60)(H,59,62)(H4,54,55,56)/t40-,43+,44+/m0/s1. The zero-order valence-corrected chi connectivity index (χ0v) is 38.5. The van der Waals surface area contributed by atoms with Crippen molar-refractivity contribution >= 4 is 45.2 Å². The van der Waals surface area contributed by atoms with Crippen LogP contribution in [0.3, 0.4) is 0 Å². The zero-order valence-electron chi connectivity index (χ0n) is 38.5. The molecule has 0 unspecified atom stereocenters. The lowest BCUT2D eigenvalue weighted by molar-refractivity contribution is -0.133. The van der Waals surface area contributed by atoms with E-state index in [1.165, 1.54) is 0 Å². The summed E-state index contributed by atoms with van der Waals surface area (Å²) in [4.78, 5) is 42.1. The molecule has 0 aliphatic carbocycles. The second-order valence-electron chi connectivity index (χ2n) is 17.4. The molecule has 5 rings (SSSR count). The molecule has 0 heterocycles.